The Balaban J connectivity index is 3.65. The van der Waals surface area contributed by atoms with Gasteiger partial charge in [0, 0.05) is 24.6 Å². The second-order valence-electron chi connectivity index (χ2n) is 1.66. The van der Waals surface area contributed by atoms with Crippen LogP contribution in [0.2, 0.25) is 0 Å². The number of hydrogen-bond acceptors (Lipinski definition) is 5. The summed E-state index contributed by atoms with van der Waals surface area (Å²) in [4.78, 5) is 0. The van der Waals surface area contributed by atoms with Crippen LogP contribution in [0.1, 0.15) is 0 Å². The summed E-state index contributed by atoms with van der Waals surface area (Å²) in [6, 6.07) is 0. The largest absolute Gasteiger partial charge is 0.330 e. The average Bonchev–Trinajstić information content (AvgIpc) is 1.84. The highest BCUT2D eigenvalue weighted by Gasteiger charge is 1.99. The lowest BCUT2D eigenvalue weighted by atomic mass is 10.8. The van der Waals surface area contributed by atoms with Crippen LogP contribution >= 0.6 is 10.8 Å². The molecule has 0 unspecified atom stereocenters. The van der Waals surface area contributed by atoms with Crippen molar-refractivity contribution >= 4 is 39.3 Å². The molecule has 0 radical (unpaired) electrons. The van der Waals surface area contributed by atoms with Crippen molar-refractivity contribution in [1.82, 2.24) is 0 Å². The fourth-order valence-corrected chi connectivity index (χ4v) is 4.63. The van der Waals surface area contributed by atoms with Crippen LogP contribution < -0.4 is 11.5 Å². The Morgan fingerprint density at radius 3 is 2.20 bits per heavy atom. The molecule has 0 aliphatic rings. The quantitative estimate of drug-likeness (QED) is 0.614. The average molecular weight is 216 g/mol. The molecular weight excluding hydrogens is 204 g/mol. The van der Waals surface area contributed by atoms with Crippen molar-refractivity contribution in [1.29, 1.82) is 0 Å². The lowest BCUT2D eigenvalue weighted by Crippen LogP contribution is -2.12. The van der Waals surface area contributed by atoms with E-state index in [0.717, 1.165) is 11.5 Å². The fraction of sp³-hybridized carbons (Fsp3) is 1.00. The zero-order valence-electron chi connectivity index (χ0n) is 5.62. The zero-order valence-corrected chi connectivity index (χ0v) is 8.88. The third kappa shape index (κ3) is 5.82. The van der Waals surface area contributed by atoms with Gasteiger partial charge in [0.15, 0.2) is 0 Å². The molecule has 0 aliphatic heterocycles. The maximum atomic E-state index is 5.33. The lowest BCUT2D eigenvalue weighted by molar-refractivity contribution is 1.15. The van der Waals surface area contributed by atoms with Gasteiger partial charge in [-0.3, -0.25) is 0 Å². The fourth-order valence-electron chi connectivity index (χ4n) is 0.378. The molecule has 0 aromatic carbocycles. The number of nitrogens with two attached hydrogens (primary N) is 2. The van der Waals surface area contributed by atoms with Crippen LogP contribution in [-0.4, -0.2) is 24.6 Å². The predicted molar refractivity (Wildman–Crippen MR) is 57.5 cm³/mol. The van der Waals surface area contributed by atoms with Crippen molar-refractivity contribution in [2.45, 2.75) is 0 Å². The Hall–Kier alpha value is 1.06. The van der Waals surface area contributed by atoms with Gasteiger partial charge in [0.25, 0.3) is 0 Å². The van der Waals surface area contributed by atoms with Gasteiger partial charge < -0.3 is 11.5 Å². The van der Waals surface area contributed by atoms with Gasteiger partial charge in [0.05, 0.1) is 0 Å². The Morgan fingerprint density at radius 2 is 1.80 bits per heavy atom. The lowest BCUT2D eigenvalue weighted by Gasteiger charge is -2.05. The summed E-state index contributed by atoms with van der Waals surface area (Å²) in [5, 5.41) is 0. The second-order valence-corrected chi connectivity index (χ2v) is 11.6. The third-order valence-corrected chi connectivity index (χ3v) is 7.06. The summed E-state index contributed by atoms with van der Waals surface area (Å²) in [5.41, 5.74) is 10.6. The molecule has 0 bridgehead atoms. The van der Waals surface area contributed by atoms with E-state index in [9.17, 15) is 0 Å². The summed E-state index contributed by atoms with van der Waals surface area (Å²) in [6.45, 7) is 1.25. The molecule has 10 heavy (non-hydrogen) atoms. The van der Waals surface area contributed by atoms with Gasteiger partial charge in [-0.15, -0.1) is 0 Å². The Morgan fingerprint density at radius 1 is 1.20 bits per heavy atom. The van der Waals surface area contributed by atoms with E-state index in [-0.39, 0.29) is 0 Å². The zero-order chi connectivity index (χ0) is 8.04. The minimum absolute atomic E-state index is 0.597. The molecule has 0 atom stereocenters. The smallest absolute Gasteiger partial charge is 0.0235 e. The summed E-state index contributed by atoms with van der Waals surface area (Å²) in [7, 11) is 1.61. The molecule has 0 amide bonds. The highest BCUT2D eigenvalue weighted by molar-refractivity contribution is 8.97. The van der Waals surface area contributed by atoms with Gasteiger partial charge in [-0.25, -0.2) is 0 Å². The van der Waals surface area contributed by atoms with Gasteiger partial charge in [-0.1, -0.05) is 10.8 Å². The van der Waals surface area contributed by atoms with Crippen molar-refractivity contribution in [3.05, 3.63) is 0 Å². The van der Waals surface area contributed by atoms with Crippen LogP contribution in [0.4, 0.5) is 0 Å². The molecule has 0 saturated carbocycles. The van der Waals surface area contributed by atoms with Crippen LogP contribution in [0.15, 0.2) is 0 Å². The van der Waals surface area contributed by atoms with E-state index < -0.39 is 6.18 Å². The van der Waals surface area contributed by atoms with Crippen molar-refractivity contribution < 1.29 is 0 Å². The first kappa shape index (κ1) is 11.1. The minimum Gasteiger partial charge on any atom is -0.330 e. The highest BCUT2D eigenvalue weighted by atomic mass is 33.5. The molecule has 6 heteroatoms. The Labute approximate surface area is 75.3 Å². The molecule has 0 spiro atoms. The summed E-state index contributed by atoms with van der Waals surface area (Å²) < 4.78 is 0. The standard InChI is InChI=1S/C4H12N2S4/c5-1-3-9-10(7,8)4-2-6/h1-6H2. The molecule has 0 fully saturated rings. The minimum atomic E-state index is -1.32. The van der Waals surface area contributed by atoms with Gasteiger partial charge in [-0.2, -0.15) is 0 Å². The maximum absolute atomic E-state index is 5.33. The normalized spacial score (nSPS) is 11.8. The Kier molecular flexibility index (Phi) is 6.28. The molecular formula is C4H12N2S4. The van der Waals surface area contributed by atoms with E-state index in [0.29, 0.717) is 13.1 Å². The van der Waals surface area contributed by atoms with Crippen molar-refractivity contribution in [3.8, 4) is 0 Å². The number of rotatable bonds is 5. The van der Waals surface area contributed by atoms with E-state index in [2.05, 4.69) is 0 Å². The maximum Gasteiger partial charge on any atom is 0.0235 e. The van der Waals surface area contributed by atoms with Crippen LogP contribution in [0, 0.1) is 0 Å². The van der Waals surface area contributed by atoms with Crippen molar-refractivity contribution in [2.75, 3.05) is 24.6 Å². The molecule has 2 nitrogen and oxygen atoms in total. The topological polar surface area (TPSA) is 52.0 Å². The van der Waals surface area contributed by atoms with E-state index in [1.54, 1.807) is 10.8 Å². The SMILES string of the molecule is NCCSS(=S)(=S)CCN. The first-order valence-corrected chi connectivity index (χ1v) is 8.05. The molecule has 0 saturated heterocycles. The van der Waals surface area contributed by atoms with Crippen molar-refractivity contribution in [2.24, 2.45) is 11.5 Å². The first-order chi connectivity index (χ1) is 4.62. The molecule has 0 aromatic heterocycles. The van der Waals surface area contributed by atoms with Gasteiger partial charge in [0.2, 0.25) is 0 Å². The summed E-state index contributed by atoms with van der Waals surface area (Å²) >= 11 is 10.3. The first-order valence-electron chi connectivity index (χ1n) is 2.89. The van der Waals surface area contributed by atoms with Crippen LogP contribution in [0.25, 0.3) is 0 Å². The van der Waals surface area contributed by atoms with E-state index in [4.69, 9.17) is 33.8 Å². The van der Waals surface area contributed by atoms with Crippen LogP contribution in [0.3, 0.4) is 0 Å². The van der Waals surface area contributed by atoms with Gasteiger partial charge in [0.1, 0.15) is 0 Å². The van der Waals surface area contributed by atoms with Gasteiger partial charge >= 0.3 is 0 Å². The number of hydrogen-bond donors (Lipinski definition) is 2. The molecule has 4 N–H and O–H groups in total. The summed E-state index contributed by atoms with van der Waals surface area (Å²) in [6.07, 6.45) is -1.32. The predicted octanol–water partition coefficient (Wildman–Crippen LogP) is -0.370. The Bertz CT molecular complexity index is 162. The van der Waals surface area contributed by atoms with Crippen LogP contribution in [-0.2, 0) is 28.6 Å². The van der Waals surface area contributed by atoms with E-state index >= 15 is 0 Å². The molecule has 62 valence electrons. The molecule has 0 aliphatic carbocycles. The van der Waals surface area contributed by atoms with Crippen molar-refractivity contribution in [3.63, 3.8) is 0 Å². The second kappa shape index (κ2) is 5.68. The highest BCUT2D eigenvalue weighted by Crippen LogP contribution is 2.12. The molecule has 0 rings (SSSR count). The summed E-state index contributed by atoms with van der Waals surface area (Å²) in [5.74, 6) is 1.64. The molecule has 0 aromatic rings. The van der Waals surface area contributed by atoms with Gasteiger partial charge in [-0.05, 0) is 28.6 Å². The molecule has 0 heterocycles. The van der Waals surface area contributed by atoms with E-state index in [1.165, 1.54) is 0 Å². The van der Waals surface area contributed by atoms with Crippen LogP contribution in [0.5, 0.6) is 0 Å². The third-order valence-electron chi connectivity index (χ3n) is 0.749. The van der Waals surface area contributed by atoms with E-state index in [1.807, 2.05) is 0 Å². The monoisotopic (exact) mass is 216 g/mol.